The summed E-state index contributed by atoms with van der Waals surface area (Å²) in [6.45, 7) is 5.76. The van der Waals surface area contributed by atoms with E-state index in [2.05, 4.69) is 13.5 Å². The lowest BCUT2D eigenvalue weighted by atomic mass is 10.2. The minimum absolute atomic E-state index is 0.635. The van der Waals surface area contributed by atoms with Crippen molar-refractivity contribution in [3.8, 4) is 0 Å². The molecule has 0 aromatic rings. The van der Waals surface area contributed by atoms with Gasteiger partial charge in [0.25, 0.3) is 0 Å². The monoisotopic (exact) mass is 156 g/mol. The fourth-order valence-electron chi connectivity index (χ4n) is 0.718. The Morgan fingerprint density at radius 3 is 2.36 bits per heavy atom. The van der Waals surface area contributed by atoms with Crippen LogP contribution in [0, 0.1) is 0 Å². The first-order chi connectivity index (χ1) is 5.24. The second-order valence-electron chi connectivity index (χ2n) is 2.24. The number of hydrogen-bond acceptors (Lipinski definition) is 2. The third-order valence-electron chi connectivity index (χ3n) is 1.34. The zero-order valence-corrected chi connectivity index (χ0v) is 7.52. The molecule has 0 amide bonds. The van der Waals surface area contributed by atoms with Crippen LogP contribution in [0.3, 0.4) is 0 Å². The molecular weight excluding hydrogens is 140 g/mol. The topological polar surface area (TPSA) is 18.5 Å². The zero-order valence-electron chi connectivity index (χ0n) is 7.52. The molecule has 0 unspecified atom stereocenters. The molecule has 0 bridgehead atoms. The average molecular weight is 156 g/mol. The van der Waals surface area contributed by atoms with E-state index in [9.17, 15) is 0 Å². The van der Waals surface area contributed by atoms with Gasteiger partial charge in [0, 0.05) is 12.5 Å². The summed E-state index contributed by atoms with van der Waals surface area (Å²) >= 11 is 0. The fourth-order valence-corrected chi connectivity index (χ4v) is 0.718. The van der Waals surface area contributed by atoms with Gasteiger partial charge < -0.3 is 9.47 Å². The summed E-state index contributed by atoms with van der Waals surface area (Å²) in [5, 5.41) is 0. The Morgan fingerprint density at radius 1 is 1.36 bits per heavy atom. The largest absolute Gasteiger partial charge is 0.501 e. The molecule has 2 heteroatoms. The van der Waals surface area contributed by atoms with Gasteiger partial charge in [0.1, 0.15) is 5.76 Å². The second kappa shape index (κ2) is 5.83. The minimum atomic E-state index is 0.635. The van der Waals surface area contributed by atoms with Crippen molar-refractivity contribution in [1.82, 2.24) is 0 Å². The summed E-state index contributed by atoms with van der Waals surface area (Å²) in [6, 6.07) is 0. The Kier molecular flexibility index (Phi) is 5.35. The minimum Gasteiger partial charge on any atom is -0.501 e. The van der Waals surface area contributed by atoms with Gasteiger partial charge in [-0.3, -0.25) is 0 Å². The molecule has 0 saturated carbocycles. The molecule has 0 fully saturated rings. The molecule has 0 radical (unpaired) electrons. The summed E-state index contributed by atoms with van der Waals surface area (Å²) in [5.74, 6) is 1.55. The van der Waals surface area contributed by atoms with Gasteiger partial charge in [0.05, 0.1) is 20.0 Å². The molecule has 64 valence electrons. The van der Waals surface area contributed by atoms with E-state index in [1.54, 1.807) is 14.2 Å². The van der Waals surface area contributed by atoms with Gasteiger partial charge in [-0.25, -0.2) is 0 Å². The highest BCUT2D eigenvalue weighted by atomic mass is 16.5. The van der Waals surface area contributed by atoms with Crippen LogP contribution in [0.5, 0.6) is 0 Å². The number of allylic oxidation sites excluding steroid dienone is 2. The van der Waals surface area contributed by atoms with Crippen LogP contribution in [0.4, 0.5) is 0 Å². The highest BCUT2D eigenvalue weighted by Gasteiger charge is 1.94. The number of hydrogen-bond donors (Lipinski definition) is 0. The lowest BCUT2D eigenvalue weighted by Gasteiger charge is -2.04. The van der Waals surface area contributed by atoms with Gasteiger partial charge in [0.15, 0.2) is 0 Å². The summed E-state index contributed by atoms with van der Waals surface area (Å²) in [4.78, 5) is 0. The molecule has 0 saturated heterocycles. The highest BCUT2D eigenvalue weighted by Crippen LogP contribution is 2.08. The summed E-state index contributed by atoms with van der Waals surface area (Å²) in [6.07, 6.45) is 3.80. The Morgan fingerprint density at radius 2 is 2.00 bits per heavy atom. The standard InChI is InChI=1S/C9H16O2/c1-5-6-9(11-4)7-8(2)10-3/h7H,2,5-6H2,1,3-4H3. The first kappa shape index (κ1) is 10.1. The third-order valence-corrected chi connectivity index (χ3v) is 1.34. The molecule has 11 heavy (non-hydrogen) atoms. The lowest BCUT2D eigenvalue weighted by molar-refractivity contribution is 0.264. The summed E-state index contributed by atoms with van der Waals surface area (Å²) in [5.41, 5.74) is 0. The van der Waals surface area contributed by atoms with Gasteiger partial charge >= 0.3 is 0 Å². The first-order valence-corrected chi connectivity index (χ1v) is 3.72. The molecule has 0 aliphatic heterocycles. The van der Waals surface area contributed by atoms with Gasteiger partial charge in [-0.2, -0.15) is 0 Å². The van der Waals surface area contributed by atoms with Crippen molar-refractivity contribution in [2.45, 2.75) is 19.8 Å². The van der Waals surface area contributed by atoms with Crippen molar-refractivity contribution in [3.05, 3.63) is 24.2 Å². The predicted octanol–water partition coefficient (Wildman–Crippen LogP) is 2.48. The van der Waals surface area contributed by atoms with Crippen molar-refractivity contribution < 1.29 is 9.47 Å². The molecule has 0 atom stereocenters. The van der Waals surface area contributed by atoms with Crippen molar-refractivity contribution in [2.24, 2.45) is 0 Å². The quantitative estimate of drug-likeness (QED) is 0.449. The molecule has 0 heterocycles. The van der Waals surface area contributed by atoms with E-state index in [0.29, 0.717) is 5.76 Å². The lowest BCUT2D eigenvalue weighted by Crippen LogP contribution is -1.88. The van der Waals surface area contributed by atoms with E-state index >= 15 is 0 Å². The normalized spacial score (nSPS) is 11.0. The van der Waals surface area contributed by atoms with Crippen molar-refractivity contribution in [1.29, 1.82) is 0 Å². The second-order valence-corrected chi connectivity index (χ2v) is 2.24. The van der Waals surface area contributed by atoms with Crippen LogP contribution in [0.1, 0.15) is 19.8 Å². The molecule has 0 spiro atoms. The molecule has 2 nitrogen and oxygen atoms in total. The van der Waals surface area contributed by atoms with Gasteiger partial charge in [-0.1, -0.05) is 13.5 Å². The molecule has 0 aliphatic rings. The zero-order chi connectivity index (χ0) is 8.69. The van der Waals surface area contributed by atoms with E-state index < -0.39 is 0 Å². The van der Waals surface area contributed by atoms with E-state index in [1.807, 2.05) is 6.08 Å². The maximum absolute atomic E-state index is 5.08. The van der Waals surface area contributed by atoms with Crippen molar-refractivity contribution in [3.63, 3.8) is 0 Å². The number of ether oxygens (including phenoxy) is 2. The summed E-state index contributed by atoms with van der Waals surface area (Å²) < 4.78 is 9.96. The Labute approximate surface area is 68.5 Å². The molecule has 0 aromatic carbocycles. The van der Waals surface area contributed by atoms with Crippen LogP contribution in [-0.2, 0) is 9.47 Å². The smallest absolute Gasteiger partial charge is 0.115 e. The van der Waals surface area contributed by atoms with Gasteiger partial charge in [-0.05, 0) is 6.42 Å². The Bertz CT molecular complexity index is 148. The van der Waals surface area contributed by atoms with Crippen LogP contribution in [0.25, 0.3) is 0 Å². The maximum Gasteiger partial charge on any atom is 0.115 e. The van der Waals surface area contributed by atoms with Gasteiger partial charge in [0.2, 0.25) is 0 Å². The van der Waals surface area contributed by atoms with Crippen LogP contribution in [0.2, 0.25) is 0 Å². The third kappa shape index (κ3) is 4.48. The van der Waals surface area contributed by atoms with Crippen LogP contribution < -0.4 is 0 Å². The van der Waals surface area contributed by atoms with Crippen LogP contribution in [0.15, 0.2) is 24.2 Å². The van der Waals surface area contributed by atoms with Crippen molar-refractivity contribution in [2.75, 3.05) is 14.2 Å². The fraction of sp³-hybridized carbons (Fsp3) is 0.556. The van der Waals surface area contributed by atoms with E-state index in [0.717, 1.165) is 18.6 Å². The Hall–Kier alpha value is -0.920. The SMILES string of the molecule is C=C(C=C(CCC)OC)OC. The molecular formula is C9H16O2. The number of rotatable bonds is 5. The van der Waals surface area contributed by atoms with E-state index in [1.165, 1.54) is 0 Å². The first-order valence-electron chi connectivity index (χ1n) is 3.72. The molecule has 0 N–H and O–H groups in total. The maximum atomic E-state index is 5.08. The molecule has 0 rings (SSSR count). The Balaban J connectivity index is 3.99. The van der Waals surface area contributed by atoms with E-state index in [4.69, 9.17) is 9.47 Å². The molecule has 0 aromatic heterocycles. The average Bonchev–Trinajstić information content (AvgIpc) is 2.03. The highest BCUT2D eigenvalue weighted by molar-refractivity contribution is 5.11. The number of methoxy groups -OCH3 is 2. The summed E-state index contributed by atoms with van der Waals surface area (Å²) in [7, 11) is 3.25. The van der Waals surface area contributed by atoms with Crippen LogP contribution >= 0.6 is 0 Å². The predicted molar refractivity (Wildman–Crippen MR) is 46.1 cm³/mol. The van der Waals surface area contributed by atoms with Gasteiger partial charge in [-0.15, -0.1) is 0 Å². The molecule has 0 aliphatic carbocycles. The van der Waals surface area contributed by atoms with Crippen LogP contribution in [-0.4, -0.2) is 14.2 Å². The van der Waals surface area contributed by atoms with Crippen molar-refractivity contribution >= 4 is 0 Å². The van der Waals surface area contributed by atoms with E-state index in [-0.39, 0.29) is 0 Å².